The van der Waals surface area contributed by atoms with E-state index in [2.05, 4.69) is 37.1 Å². The maximum absolute atomic E-state index is 9.39. The first kappa shape index (κ1) is 16.1. The van der Waals surface area contributed by atoms with Gasteiger partial charge in [-0.05, 0) is 40.0 Å². The molecule has 0 aliphatic heterocycles. The van der Waals surface area contributed by atoms with Crippen molar-refractivity contribution in [1.82, 2.24) is 10.3 Å². The molecule has 0 bridgehead atoms. The van der Waals surface area contributed by atoms with E-state index in [0.29, 0.717) is 11.3 Å². The lowest BCUT2D eigenvalue weighted by Crippen LogP contribution is -2.47. The van der Waals surface area contributed by atoms with Crippen LogP contribution >= 0.6 is 11.8 Å². The molecule has 1 heterocycles. The Kier molecular flexibility index (Phi) is 6.40. The Morgan fingerprint density at radius 1 is 1.58 bits per heavy atom. The fraction of sp³-hybridized carbons (Fsp3) is 0.714. The zero-order valence-electron chi connectivity index (χ0n) is 12.2. The van der Waals surface area contributed by atoms with E-state index in [0.717, 1.165) is 30.7 Å². The smallest absolute Gasteiger partial charge is 0.255 e. The molecule has 0 spiro atoms. The second kappa shape index (κ2) is 7.56. The number of nitriles is 1. The molecule has 1 unspecified atom stereocenters. The van der Waals surface area contributed by atoms with Crippen LogP contribution in [0.5, 0.6) is 0 Å². The van der Waals surface area contributed by atoms with Crippen LogP contribution in [0.4, 0.5) is 0 Å². The molecule has 0 amide bonds. The molecule has 0 saturated carbocycles. The third kappa shape index (κ3) is 5.25. The largest absolute Gasteiger partial charge is 0.440 e. The van der Waals surface area contributed by atoms with Gasteiger partial charge in [-0.3, -0.25) is 5.32 Å². The van der Waals surface area contributed by atoms with Crippen molar-refractivity contribution in [2.45, 2.75) is 63.8 Å². The number of nitrogens with zero attached hydrogens (tertiary/aromatic N) is 2. The lowest BCUT2D eigenvalue weighted by atomic mass is 9.91. The molecule has 0 fully saturated rings. The Morgan fingerprint density at radius 2 is 2.32 bits per heavy atom. The van der Waals surface area contributed by atoms with Crippen LogP contribution in [0.3, 0.4) is 0 Å². The summed E-state index contributed by atoms with van der Waals surface area (Å²) in [5.74, 6) is 0.920. The summed E-state index contributed by atoms with van der Waals surface area (Å²) in [5, 5.41) is 13.5. The third-order valence-electron chi connectivity index (χ3n) is 2.95. The van der Waals surface area contributed by atoms with Gasteiger partial charge in [0.05, 0.1) is 11.8 Å². The normalized spacial score (nSPS) is 14.3. The Morgan fingerprint density at radius 3 is 2.79 bits per heavy atom. The number of rotatable bonds is 8. The van der Waals surface area contributed by atoms with Gasteiger partial charge in [0.25, 0.3) is 5.22 Å². The predicted molar refractivity (Wildman–Crippen MR) is 78.1 cm³/mol. The second-order valence-electron chi connectivity index (χ2n) is 5.05. The standard InChI is InChI=1S/C14H23N3OS/c1-5-14(10-15,17-11(2)3)7-6-8-19-13-16-12(4)9-18-13/h9,11,17H,5-8H2,1-4H3. The molecule has 1 aromatic rings. The van der Waals surface area contributed by atoms with Gasteiger partial charge in [0.2, 0.25) is 0 Å². The fourth-order valence-corrected chi connectivity index (χ4v) is 2.79. The van der Waals surface area contributed by atoms with Crippen molar-refractivity contribution >= 4 is 11.8 Å². The number of nitrogens with one attached hydrogen (secondary N) is 1. The van der Waals surface area contributed by atoms with Crippen LogP contribution in [0.25, 0.3) is 0 Å². The van der Waals surface area contributed by atoms with Crippen LogP contribution < -0.4 is 5.32 Å². The third-order valence-corrected chi connectivity index (χ3v) is 3.88. The Hall–Kier alpha value is -0.990. The lowest BCUT2D eigenvalue weighted by Gasteiger charge is -2.28. The molecule has 0 aliphatic carbocycles. The first-order valence-corrected chi connectivity index (χ1v) is 7.74. The predicted octanol–water partition coefficient (Wildman–Crippen LogP) is 3.53. The summed E-state index contributed by atoms with van der Waals surface area (Å²) in [4.78, 5) is 4.25. The number of aryl methyl sites for hydroxylation is 1. The Labute approximate surface area is 120 Å². The minimum atomic E-state index is -0.402. The van der Waals surface area contributed by atoms with Crippen LogP contribution in [0.2, 0.25) is 0 Å². The van der Waals surface area contributed by atoms with E-state index >= 15 is 0 Å². The van der Waals surface area contributed by atoms with Crippen LogP contribution in [0.1, 0.15) is 45.7 Å². The number of hydrogen-bond acceptors (Lipinski definition) is 5. The molecule has 1 aromatic heterocycles. The van der Waals surface area contributed by atoms with Gasteiger partial charge in [0.1, 0.15) is 11.8 Å². The molecular weight excluding hydrogens is 258 g/mol. The summed E-state index contributed by atoms with van der Waals surface area (Å²) in [6.45, 7) is 8.12. The van der Waals surface area contributed by atoms with E-state index in [1.807, 2.05) is 6.92 Å². The summed E-state index contributed by atoms with van der Waals surface area (Å²) in [7, 11) is 0. The molecule has 0 radical (unpaired) electrons. The van der Waals surface area contributed by atoms with Crippen LogP contribution in [-0.2, 0) is 0 Å². The van der Waals surface area contributed by atoms with Crippen molar-refractivity contribution in [1.29, 1.82) is 5.26 Å². The van der Waals surface area contributed by atoms with Crippen LogP contribution in [0.15, 0.2) is 15.9 Å². The molecule has 5 heteroatoms. The van der Waals surface area contributed by atoms with Crippen LogP contribution in [0, 0.1) is 18.3 Å². The molecule has 19 heavy (non-hydrogen) atoms. The molecule has 1 atom stereocenters. The van der Waals surface area contributed by atoms with E-state index < -0.39 is 5.54 Å². The Balaban J connectivity index is 2.38. The molecule has 106 valence electrons. The van der Waals surface area contributed by atoms with Crippen molar-refractivity contribution in [3.8, 4) is 6.07 Å². The molecule has 4 nitrogen and oxygen atoms in total. The average Bonchev–Trinajstić information content (AvgIpc) is 2.78. The van der Waals surface area contributed by atoms with Crippen LogP contribution in [-0.4, -0.2) is 22.3 Å². The summed E-state index contributed by atoms with van der Waals surface area (Å²) in [5.41, 5.74) is 0.505. The maximum atomic E-state index is 9.39. The minimum Gasteiger partial charge on any atom is -0.440 e. The van der Waals surface area contributed by atoms with E-state index in [-0.39, 0.29) is 0 Å². The number of oxazole rings is 1. The highest BCUT2D eigenvalue weighted by Gasteiger charge is 2.27. The van der Waals surface area contributed by atoms with Gasteiger partial charge in [-0.2, -0.15) is 5.26 Å². The topological polar surface area (TPSA) is 61.9 Å². The highest BCUT2D eigenvalue weighted by Crippen LogP contribution is 2.22. The van der Waals surface area contributed by atoms with Gasteiger partial charge < -0.3 is 4.42 Å². The van der Waals surface area contributed by atoms with Crippen molar-refractivity contribution in [2.75, 3.05) is 5.75 Å². The monoisotopic (exact) mass is 281 g/mol. The average molecular weight is 281 g/mol. The van der Waals surface area contributed by atoms with Gasteiger partial charge in [-0.25, -0.2) is 4.98 Å². The second-order valence-corrected chi connectivity index (χ2v) is 6.10. The zero-order chi connectivity index (χ0) is 14.3. The highest BCUT2D eigenvalue weighted by atomic mass is 32.2. The van der Waals surface area contributed by atoms with Gasteiger partial charge >= 0.3 is 0 Å². The molecule has 0 aliphatic rings. The number of hydrogen-bond donors (Lipinski definition) is 1. The van der Waals surface area contributed by atoms with E-state index in [1.54, 1.807) is 18.0 Å². The van der Waals surface area contributed by atoms with Crippen molar-refractivity contribution < 1.29 is 4.42 Å². The minimum absolute atomic E-state index is 0.321. The molecule has 1 rings (SSSR count). The van der Waals surface area contributed by atoms with E-state index in [1.165, 1.54) is 0 Å². The van der Waals surface area contributed by atoms with Crippen molar-refractivity contribution in [3.63, 3.8) is 0 Å². The van der Waals surface area contributed by atoms with Gasteiger partial charge in [0.15, 0.2) is 0 Å². The van der Waals surface area contributed by atoms with Gasteiger partial charge in [-0.15, -0.1) is 0 Å². The summed E-state index contributed by atoms with van der Waals surface area (Å²) in [6.07, 6.45) is 4.30. The maximum Gasteiger partial charge on any atom is 0.255 e. The van der Waals surface area contributed by atoms with E-state index in [9.17, 15) is 5.26 Å². The first-order chi connectivity index (χ1) is 9.01. The SMILES string of the molecule is CCC(C#N)(CCCSc1nc(C)co1)NC(C)C. The quantitative estimate of drug-likeness (QED) is 0.583. The molecule has 0 aromatic carbocycles. The first-order valence-electron chi connectivity index (χ1n) is 6.75. The fourth-order valence-electron chi connectivity index (χ4n) is 2.00. The molecule has 1 N–H and O–H groups in total. The molecular formula is C14H23N3OS. The van der Waals surface area contributed by atoms with Gasteiger partial charge in [-0.1, -0.05) is 18.7 Å². The number of aromatic nitrogens is 1. The zero-order valence-corrected chi connectivity index (χ0v) is 13.0. The number of thioether (sulfide) groups is 1. The summed E-state index contributed by atoms with van der Waals surface area (Å²) in [6, 6.07) is 2.76. The van der Waals surface area contributed by atoms with Crippen molar-refractivity contribution in [2.24, 2.45) is 0 Å². The van der Waals surface area contributed by atoms with E-state index in [4.69, 9.17) is 4.42 Å². The highest BCUT2D eigenvalue weighted by molar-refractivity contribution is 7.99. The van der Waals surface area contributed by atoms with Crippen molar-refractivity contribution in [3.05, 3.63) is 12.0 Å². The Bertz CT molecular complexity index is 425. The summed E-state index contributed by atoms with van der Waals surface area (Å²) < 4.78 is 5.28. The molecule has 0 saturated heterocycles. The van der Waals surface area contributed by atoms with Gasteiger partial charge in [0, 0.05) is 11.8 Å². The lowest BCUT2D eigenvalue weighted by molar-refractivity contribution is 0.341. The summed E-state index contributed by atoms with van der Waals surface area (Å²) >= 11 is 1.61.